The average molecular weight is 291 g/mol. The van der Waals surface area contributed by atoms with E-state index >= 15 is 0 Å². The summed E-state index contributed by atoms with van der Waals surface area (Å²) in [7, 11) is 0. The molecule has 1 fully saturated rings. The summed E-state index contributed by atoms with van der Waals surface area (Å²) in [6.45, 7) is 7.39. The van der Waals surface area contributed by atoms with Crippen molar-refractivity contribution in [1.29, 1.82) is 0 Å². The number of Topliss-reactive ketones (excluding diaryl/α,β-unsaturated/α-hetero) is 2. The highest BCUT2D eigenvalue weighted by molar-refractivity contribution is 6.24. The molecule has 1 aliphatic rings. The first kappa shape index (κ1) is 15.5. The highest BCUT2D eigenvalue weighted by atomic mass is 16.5. The van der Waals surface area contributed by atoms with Crippen LogP contribution in [0, 0.1) is 12.3 Å². The predicted molar refractivity (Wildman–Crippen MR) is 77.0 cm³/mol. The standard InChI is InChI=1S/C16H21NO4/c1-5-6-10(18)13-11(19)8-16(3,4)14(15(13)20)12-7-9(2)17-21-12/h7,14,18H,5-6,8H2,1-4H3/b13-10-/t14-/m0/s1. The number of aryl methyl sites for hydroxylation is 1. The molecule has 1 atom stereocenters. The van der Waals surface area contributed by atoms with Crippen LogP contribution in [0.2, 0.25) is 0 Å². The lowest BCUT2D eigenvalue weighted by Crippen LogP contribution is -2.40. The van der Waals surface area contributed by atoms with Gasteiger partial charge in [0.25, 0.3) is 0 Å². The van der Waals surface area contributed by atoms with E-state index in [2.05, 4.69) is 5.16 Å². The molecule has 0 radical (unpaired) electrons. The van der Waals surface area contributed by atoms with E-state index in [9.17, 15) is 14.7 Å². The van der Waals surface area contributed by atoms with Gasteiger partial charge < -0.3 is 9.63 Å². The van der Waals surface area contributed by atoms with Gasteiger partial charge in [-0.05, 0) is 18.8 Å². The monoisotopic (exact) mass is 291 g/mol. The maximum atomic E-state index is 12.8. The number of aromatic nitrogens is 1. The highest BCUT2D eigenvalue weighted by Crippen LogP contribution is 2.46. The molecule has 0 spiro atoms. The van der Waals surface area contributed by atoms with E-state index in [1.807, 2.05) is 20.8 Å². The minimum absolute atomic E-state index is 0.0600. The molecule has 1 heterocycles. The third-order valence-corrected chi connectivity index (χ3v) is 3.89. The van der Waals surface area contributed by atoms with E-state index in [0.29, 0.717) is 24.3 Å². The first-order valence-electron chi connectivity index (χ1n) is 7.20. The van der Waals surface area contributed by atoms with E-state index in [1.54, 1.807) is 13.0 Å². The van der Waals surface area contributed by atoms with Crippen LogP contribution in [0.4, 0.5) is 0 Å². The van der Waals surface area contributed by atoms with Gasteiger partial charge in [-0.2, -0.15) is 0 Å². The van der Waals surface area contributed by atoms with Crippen LogP contribution in [-0.2, 0) is 9.59 Å². The number of carbonyl (C=O) groups excluding carboxylic acids is 2. The number of aliphatic hydroxyl groups is 1. The first-order valence-corrected chi connectivity index (χ1v) is 7.20. The van der Waals surface area contributed by atoms with E-state index in [4.69, 9.17) is 4.52 Å². The van der Waals surface area contributed by atoms with Crippen LogP contribution in [0.3, 0.4) is 0 Å². The van der Waals surface area contributed by atoms with Crippen molar-refractivity contribution in [3.8, 4) is 0 Å². The topological polar surface area (TPSA) is 80.4 Å². The molecule has 0 unspecified atom stereocenters. The Balaban J connectivity index is 2.50. The zero-order valence-electron chi connectivity index (χ0n) is 12.9. The molecule has 114 valence electrons. The van der Waals surface area contributed by atoms with Crippen molar-refractivity contribution in [2.75, 3.05) is 0 Å². The molecule has 0 amide bonds. The highest BCUT2D eigenvalue weighted by Gasteiger charge is 2.48. The minimum atomic E-state index is -0.592. The van der Waals surface area contributed by atoms with Crippen molar-refractivity contribution < 1.29 is 19.2 Å². The number of hydrogen-bond donors (Lipinski definition) is 1. The van der Waals surface area contributed by atoms with Crippen LogP contribution in [0.5, 0.6) is 0 Å². The van der Waals surface area contributed by atoms with Crippen molar-refractivity contribution in [2.24, 2.45) is 5.41 Å². The Morgan fingerprint density at radius 1 is 1.48 bits per heavy atom. The van der Waals surface area contributed by atoms with Gasteiger partial charge in [-0.15, -0.1) is 0 Å². The number of hydrogen-bond acceptors (Lipinski definition) is 5. The zero-order chi connectivity index (χ0) is 15.8. The van der Waals surface area contributed by atoms with E-state index < -0.39 is 11.3 Å². The van der Waals surface area contributed by atoms with Crippen molar-refractivity contribution in [3.63, 3.8) is 0 Å². The van der Waals surface area contributed by atoms with Gasteiger partial charge in [0, 0.05) is 18.9 Å². The Morgan fingerprint density at radius 3 is 2.67 bits per heavy atom. The van der Waals surface area contributed by atoms with Crippen LogP contribution in [-0.4, -0.2) is 21.8 Å². The van der Waals surface area contributed by atoms with Crippen LogP contribution in [0.25, 0.3) is 0 Å². The fourth-order valence-corrected chi connectivity index (χ4v) is 2.94. The van der Waals surface area contributed by atoms with Gasteiger partial charge in [-0.1, -0.05) is 25.9 Å². The van der Waals surface area contributed by atoms with Crippen LogP contribution in [0.15, 0.2) is 21.9 Å². The molecule has 5 heteroatoms. The number of carbonyl (C=O) groups is 2. The molecule has 5 nitrogen and oxygen atoms in total. The first-order chi connectivity index (χ1) is 9.77. The van der Waals surface area contributed by atoms with Gasteiger partial charge in [0.15, 0.2) is 11.6 Å². The van der Waals surface area contributed by atoms with E-state index in [-0.39, 0.29) is 29.3 Å². The van der Waals surface area contributed by atoms with E-state index in [0.717, 1.165) is 0 Å². The summed E-state index contributed by atoms with van der Waals surface area (Å²) in [5.74, 6) is -0.895. The normalized spacial score (nSPS) is 24.3. The third kappa shape index (κ3) is 2.77. The van der Waals surface area contributed by atoms with Crippen LogP contribution in [0.1, 0.15) is 57.4 Å². The number of allylic oxidation sites excluding steroid dienone is 2. The fraction of sp³-hybridized carbons (Fsp3) is 0.562. The van der Waals surface area contributed by atoms with Gasteiger partial charge in [0.1, 0.15) is 11.5 Å². The molecule has 1 aromatic rings. The molecule has 1 saturated carbocycles. The lowest BCUT2D eigenvalue weighted by atomic mass is 9.64. The summed E-state index contributed by atoms with van der Waals surface area (Å²) < 4.78 is 5.25. The van der Waals surface area contributed by atoms with Gasteiger partial charge in [0.2, 0.25) is 0 Å². The fourth-order valence-electron chi connectivity index (χ4n) is 2.94. The Kier molecular flexibility index (Phi) is 4.03. The van der Waals surface area contributed by atoms with Gasteiger partial charge in [0.05, 0.1) is 17.2 Å². The van der Waals surface area contributed by atoms with Crippen LogP contribution < -0.4 is 0 Å². The van der Waals surface area contributed by atoms with Crippen molar-refractivity contribution in [1.82, 2.24) is 5.16 Å². The molecule has 0 bridgehead atoms. The lowest BCUT2D eigenvalue weighted by molar-refractivity contribution is -0.130. The Morgan fingerprint density at radius 2 is 2.14 bits per heavy atom. The predicted octanol–water partition coefficient (Wildman–Crippen LogP) is 3.25. The smallest absolute Gasteiger partial charge is 0.181 e. The number of ketones is 2. The Labute approximate surface area is 124 Å². The summed E-state index contributed by atoms with van der Waals surface area (Å²) in [5, 5.41) is 13.9. The SMILES string of the molecule is CCC/C(O)=C1\C(=O)CC(C)(C)[C@@H](c2cc(C)no2)C1=O. The lowest BCUT2D eigenvalue weighted by Gasteiger charge is -2.36. The van der Waals surface area contributed by atoms with Crippen molar-refractivity contribution >= 4 is 11.6 Å². The molecule has 21 heavy (non-hydrogen) atoms. The Hall–Kier alpha value is -1.91. The third-order valence-electron chi connectivity index (χ3n) is 3.89. The maximum absolute atomic E-state index is 12.8. The molecule has 0 saturated heterocycles. The molecule has 0 aromatic carbocycles. The largest absolute Gasteiger partial charge is 0.511 e. The van der Waals surface area contributed by atoms with Crippen molar-refractivity contribution in [2.45, 2.75) is 52.9 Å². The second-order valence-electron chi connectivity index (χ2n) is 6.33. The quantitative estimate of drug-likeness (QED) is 0.525. The summed E-state index contributed by atoms with van der Waals surface area (Å²) in [4.78, 5) is 25.0. The summed E-state index contributed by atoms with van der Waals surface area (Å²) in [6, 6.07) is 1.72. The summed E-state index contributed by atoms with van der Waals surface area (Å²) in [6.07, 6.45) is 1.20. The maximum Gasteiger partial charge on any atom is 0.181 e. The summed E-state index contributed by atoms with van der Waals surface area (Å²) >= 11 is 0. The van der Waals surface area contributed by atoms with E-state index in [1.165, 1.54) is 0 Å². The second-order valence-corrected chi connectivity index (χ2v) is 6.33. The number of aliphatic hydroxyl groups excluding tert-OH is 1. The van der Waals surface area contributed by atoms with Gasteiger partial charge >= 0.3 is 0 Å². The van der Waals surface area contributed by atoms with Crippen LogP contribution >= 0.6 is 0 Å². The second kappa shape index (κ2) is 5.47. The average Bonchev–Trinajstić information content (AvgIpc) is 2.73. The molecular formula is C16H21NO4. The molecule has 1 aromatic heterocycles. The molecule has 1 N–H and O–H groups in total. The molecular weight excluding hydrogens is 270 g/mol. The van der Waals surface area contributed by atoms with Gasteiger partial charge in [-0.25, -0.2) is 0 Å². The van der Waals surface area contributed by atoms with Gasteiger partial charge in [-0.3, -0.25) is 9.59 Å². The number of rotatable bonds is 3. The molecule has 1 aliphatic carbocycles. The summed E-state index contributed by atoms with van der Waals surface area (Å²) in [5.41, 5.74) is 0.0693. The number of nitrogens with zero attached hydrogens (tertiary/aromatic N) is 1. The minimum Gasteiger partial charge on any atom is -0.511 e. The zero-order valence-corrected chi connectivity index (χ0v) is 12.9. The molecule has 2 rings (SSSR count). The Bertz CT molecular complexity index is 610. The van der Waals surface area contributed by atoms with Crippen molar-refractivity contribution in [3.05, 3.63) is 28.9 Å². The molecule has 0 aliphatic heterocycles.